The van der Waals surface area contributed by atoms with Gasteiger partial charge in [0, 0.05) is 26.1 Å². The molecule has 3 heterocycles. The third-order valence-corrected chi connectivity index (χ3v) is 7.07. The maximum atomic E-state index is 13.0. The molecule has 0 atom stereocenters. The molecule has 0 N–H and O–H groups in total. The summed E-state index contributed by atoms with van der Waals surface area (Å²) in [6, 6.07) is 5.05. The number of nitrogens with zero attached hydrogens (tertiary/aromatic N) is 5. The number of rotatable bonds is 6. The fourth-order valence-corrected chi connectivity index (χ4v) is 5.29. The van der Waals surface area contributed by atoms with Gasteiger partial charge in [0.25, 0.3) is 0 Å². The van der Waals surface area contributed by atoms with E-state index in [1.807, 2.05) is 13.0 Å². The number of aryl methyl sites for hydroxylation is 1. The van der Waals surface area contributed by atoms with E-state index in [0.717, 1.165) is 24.2 Å². The highest BCUT2D eigenvalue weighted by atomic mass is 32.2. The molecule has 2 aromatic rings. The number of sulfonamides is 1. The van der Waals surface area contributed by atoms with Crippen molar-refractivity contribution in [2.75, 3.05) is 26.7 Å². The molecule has 0 spiro atoms. The molecule has 10 heteroatoms. The van der Waals surface area contributed by atoms with Gasteiger partial charge >= 0.3 is 0 Å². The van der Waals surface area contributed by atoms with Crippen molar-refractivity contribution in [1.82, 2.24) is 24.2 Å². The van der Waals surface area contributed by atoms with Crippen molar-refractivity contribution >= 4 is 15.9 Å². The molecule has 0 aliphatic carbocycles. The molecule has 28 heavy (non-hydrogen) atoms. The van der Waals surface area contributed by atoms with E-state index in [1.165, 1.54) is 11.4 Å². The molecule has 0 unspecified atom stereocenters. The minimum Gasteiger partial charge on any atom is -0.495 e. The number of aromatic nitrogens is 3. The average Bonchev–Trinajstić information content (AvgIpc) is 3.23. The predicted molar refractivity (Wildman–Crippen MR) is 100 cm³/mol. The molecule has 150 valence electrons. The van der Waals surface area contributed by atoms with Gasteiger partial charge in [-0.15, -0.1) is 5.10 Å². The van der Waals surface area contributed by atoms with E-state index >= 15 is 0 Å². The Labute approximate surface area is 163 Å². The van der Waals surface area contributed by atoms with Gasteiger partial charge in [-0.2, -0.15) is 4.31 Å². The molecule has 1 aromatic heterocycles. The number of carbonyl (C=O) groups is 1. The van der Waals surface area contributed by atoms with Gasteiger partial charge in [0.1, 0.15) is 16.3 Å². The quantitative estimate of drug-likeness (QED) is 0.710. The van der Waals surface area contributed by atoms with Crippen LogP contribution in [0.2, 0.25) is 0 Å². The van der Waals surface area contributed by atoms with Crippen LogP contribution >= 0.6 is 0 Å². The first-order valence-corrected chi connectivity index (χ1v) is 10.7. The zero-order chi connectivity index (χ0) is 19.9. The third kappa shape index (κ3) is 3.37. The largest absolute Gasteiger partial charge is 0.495 e. The van der Waals surface area contributed by atoms with Gasteiger partial charge < -0.3 is 9.64 Å². The number of hydrogen-bond donors (Lipinski definition) is 0. The first kappa shape index (κ1) is 18.9. The Balaban J connectivity index is 1.43. The number of ether oxygens (including phenoxy) is 1. The standard InChI is InChI=1S/C18H23N5O4S/c1-13-5-6-16(27-2)17(8-13)28(25,26)22-11-15(12-22)23-10-14(19-20-23)9-21-7-3-4-18(21)24/h5-6,8,10,15H,3-4,7,9,11-12H2,1-2H3. The van der Waals surface area contributed by atoms with Crippen LogP contribution in [0.25, 0.3) is 0 Å². The van der Waals surface area contributed by atoms with E-state index in [0.29, 0.717) is 31.8 Å². The molecule has 0 radical (unpaired) electrons. The second kappa shape index (κ2) is 7.17. The Morgan fingerprint density at radius 1 is 1.29 bits per heavy atom. The lowest BCUT2D eigenvalue weighted by atomic mass is 10.2. The summed E-state index contributed by atoms with van der Waals surface area (Å²) < 4.78 is 34.2. The van der Waals surface area contributed by atoms with Crippen LogP contribution in [0.1, 0.15) is 30.1 Å². The van der Waals surface area contributed by atoms with Crippen molar-refractivity contribution in [2.45, 2.75) is 37.2 Å². The normalized spacial score (nSPS) is 18.5. The van der Waals surface area contributed by atoms with Gasteiger partial charge in [-0.1, -0.05) is 11.3 Å². The fraction of sp³-hybridized carbons (Fsp3) is 0.500. The smallest absolute Gasteiger partial charge is 0.246 e. The second-order valence-corrected chi connectivity index (χ2v) is 9.15. The fourth-order valence-electron chi connectivity index (χ4n) is 3.54. The van der Waals surface area contributed by atoms with Crippen LogP contribution in [0, 0.1) is 6.92 Å². The summed E-state index contributed by atoms with van der Waals surface area (Å²) in [5.74, 6) is 0.481. The van der Waals surface area contributed by atoms with Crippen molar-refractivity contribution in [3.8, 4) is 5.75 Å². The van der Waals surface area contributed by atoms with Crippen LogP contribution in [0.3, 0.4) is 0 Å². The number of methoxy groups -OCH3 is 1. The third-order valence-electron chi connectivity index (χ3n) is 5.22. The SMILES string of the molecule is COc1ccc(C)cc1S(=O)(=O)N1CC(n2cc(CN3CCCC3=O)nn2)C1. The molecular weight excluding hydrogens is 382 g/mol. The van der Waals surface area contributed by atoms with E-state index in [1.54, 1.807) is 27.9 Å². The van der Waals surface area contributed by atoms with Crippen LogP contribution in [-0.2, 0) is 21.4 Å². The van der Waals surface area contributed by atoms with Crippen LogP contribution in [0.5, 0.6) is 5.75 Å². The molecule has 0 saturated carbocycles. The van der Waals surface area contributed by atoms with Crippen LogP contribution in [0.4, 0.5) is 0 Å². The van der Waals surface area contributed by atoms with Gasteiger partial charge in [0.2, 0.25) is 15.9 Å². The molecule has 2 aliphatic rings. The monoisotopic (exact) mass is 405 g/mol. The maximum Gasteiger partial charge on any atom is 0.246 e. The maximum absolute atomic E-state index is 13.0. The lowest BCUT2D eigenvalue weighted by Gasteiger charge is -2.37. The van der Waals surface area contributed by atoms with Gasteiger partial charge in [-0.25, -0.2) is 13.1 Å². The molecule has 2 aliphatic heterocycles. The van der Waals surface area contributed by atoms with Crippen molar-refractivity contribution in [1.29, 1.82) is 0 Å². The van der Waals surface area contributed by atoms with Crippen LogP contribution < -0.4 is 4.74 Å². The summed E-state index contributed by atoms with van der Waals surface area (Å²) in [6.07, 6.45) is 3.27. The zero-order valence-electron chi connectivity index (χ0n) is 15.9. The first-order valence-electron chi connectivity index (χ1n) is 9.22. The van der Waals surface area contributed by atoms with Crippen molar-refractivity contribution in [3.05, 3.63) is 35.7 Å². The zero-order valence-corrected chi connectivity index (χ0v) is 16.7. The molecule has 2 saturated heterocycles. The average molecular weight is 405 g/mol. The minimum absolute atomic E-state index is 0.0684. The summed E-state index contributed by atoms with van der Waals surface area (Å²) in [4.78, 5) is 13.7. The number of amides is 1. The molecule has 4 rings (SSSR count). The van der Waals surface area contributed by atoms with Gasteiger partial charge in [0.15, 0.2) is 0 Å². The number of carbonyl (C=O) groups excluding carboxylic acids is 1. The summed E-state index contributed by atoms with van der Waals surface area (Å²) in [6.45, 7) is 3.70. The Morgan fingerprint density at radius 2 is 2.07 bits per heavy atom. The Bertz CT molecular complexity index is 997. The number of benzene rings is 1. The summed E-state index contributed by atoms with van der Waals surface area (Å²) in [5, 5.41) is 8.26. The molecule has 1 aromatic carbocycles. The predicted octanol–water partition coefficient (Wildman–Crippen LogP) is 0.963. The highest BCUT2D eigenvalue weighted by Crippen LogP contribution is 2.33. The summed E-state index contributed by atoms with van der Waals surface area (Å²) in [7, 11) is -2.17. The van der Waals surface area contributed by atoms with E-state index in [4.69, 9.17) is 4.74 Å². The van der Waals surface area contributed by atoms with Gasteiger partial charge in [-0.3, -0.25) is 4.79 Å². The lowest BCUT2D eigenvalue weighted by molar-refractivity contribution is -0.128. The van der Waals surface area contributed by atoms with Crippen LogP contribution in [0.15, 0.2) is 29.3 Å². The first-order chi connectivity index (χ1) is 13.4. The second-order valence-electron chi connectivity index (χ2n) is 7.24. The van der Waals surface area contributed by atoms with Crippen LogP contribution in [-0.4, -0.2) is 65.3 Å². The number of likely N-dealkylation sites (tertiary alicyclic amines) is 1. The summed E-state index contributed by atoms with van der Waals surface area (Å²) in [5.41, 5.74) is 1.57. The topological polar surface area (TPSA) is 97.6 Å². The van der Waals surface area contributed by atoms with Crippen molar-refractivity contribution < 1.29 is 17.9 Å². The Morgan fingerprint density at radius 3 is 2.75 bits per heavy atom. The molecule has 0 bridgehead atoms. The van der Waals surface area contributed by atoms with E-state index in [-0.39, 0.29) is 16.8 Å². The summed E-state index contributed by atoms with van der Waals surface area (Å²) >= 11 is 0. The highest BCUT2D eigenvalue weighted by Gasteiger charge is 2.39. The Kier molecular flexibility index (Phi) is 4.84. The van der Waals surface area contributed by atoms with Crippen molar-refractivity contribution in [3.63, 3.8) is 0 Å². The highest BCUT2D eigenvalue weighted by molar-refractivity contribution is 7.89. The van der Waals surface area contributed by atoms with Gasteiger partial charge in [0.05, 0.1) is 25.9 Å². The minimum atomic E-state index is -3.63. The molecule has 2 fully saturated rings. The Hall–Kier alpha value is -2.46. The number of hydrogen-bond acceptors (Lipinski definition) is 6. The van der Waals surface area contributed by atoms with Gasteiger partial charge in [-0.05, 0) is 31.0 Å². The molecule has 9 nitrogen and oxygen atoms in total. The molecule has 1 amide bonds. The van der Waals surface area contributed by atoms with E-state index < -0.39 is 10.0 Å². The van der Waals surface area contributed by atoms with E-state index in [2.05, 4.69) is 10.3 Å². The lowest BCUT2D eigenvalue weighted by Crippen LogP contribution is -2.50. The van der Waals surface area contributed by atoms with Crippen molar-refractivity contribution in [2.24, 2.45) is 0 Å². The van der Waals surface area contributed by atoms with E-state index in [9.17, 15) is 13.2 Å². The molecular formula is C18H23N5O4S.